The van der Waals surface area contributed by atoms with Gasteiger partial charge in [-0.15, -0.1) is 0 Å². The third-order valence-electron chi connectivity index (χ3n) is 1.96. The first-order valence-corrected chi connectivity index (χ1v) is 5.13. The van der Waals surface area contributed by atoms with Gasteiger partial charge >= 0.3 is 0 Å². The fraction of sp³-hybridized carbons (Fsp3) is 0.500. The average molecular weight is 225 g/mol. The molecule has 6 heteroatoms. The number of carbonyl (C=O) groups excluding carboxylic acids is 1. The highest BCUT2D eigenvalue weighted by Crippen LogP contribution is 2.14. The van der Waals surface area contributed by atoms with Gasteiger partial charge in [-0.2, -0.15) is 0 Å². The topological polar surface area (TPSA) is 98.3 Å². The molecule has 88 valence electrons. The highest BCUT2D eigenvalue weighted by atomic mass is 16.5. The van der Waals surface area contributed by atoms with Gasteiger partial charge in [-0.25, -0.2) is 9.97 Å². The fourth-order valence-electron chi connectivity index (χ4n) is 1.13. The molecular formula is C10H15N3O3. The second-order valence-electron chi connectivity index (χ2n) is 3.30. The van der Waals surface area contributed by atoms with Crippen LogP contribution in [0.1, 0.15) is 36.7 Å². The summed E-state index contributed by atoms with van der Waals surface area (Å²) >= 11 is 0. The smallest absolute Gasteiger partial charge is 0.273 e. The van der Waals surface area contributed by atoms with Gasteiger partial charge in [0, 0.05) is 0 Å². The van der Waals surface area contributed by atoms with Gasteiger partial charge in [0.25, 0.3) is 5.91 Å². The average Bonchev–Trinajstić information content (AvgIpc) is 2.26. The number of rotatable bonds is 6. The lowest BCUT2D eigenvalue weighted by Crippen LogP contribution is -2.14. The number of amides is 1. The van der Waals surface area contributed by atoms with E-state index in [2.05, 4.69) is 16.9 Å². The number of unbranched alkanes of at least 4 members (excludes halogenated alkanes) is 2. The van der Waals surface area contributed by atoms with Crippen LogP contribution in [0.5, 0.6) is 11.8 Å². The molecule has 16 heavy (non-hydrogen) atoms. The normalized spacial score (nSPS) is 10.1. The molecule has 0 radical (unpaired) electrons. The summed E-state index contributed by atoms with van der Waals surface area (Å²) in [6.07, 6.45) is 4.32. The third-order valence-corrected chi connectivity index (χ3v) is 1.96. The molecule has 1 amide bonds. The summed E-state index contributed by atoms with van der Waals surface area (Å²) in [7, 11) is 0. The lowest BCUT2D eigenvalue weighted by molar-refractivity contribution is 0.0990. The summed E-state index contributed by atoms with van der Waals surface area (Å²) < 4.78 is 5.26. The standard InChI is InChI=1S/C10H15N3O3/c1-2-3-4-5-16-7-6-12-10(15)8(13-7)9(11)14/h6H,2-5H2,1H3,(H2,11,14)(H,12,15). The zero-order valence-electron chi connectivity index (χ0n) is 9.14. The molecule has 0 aliphatic heterocycles. The van der Waals surface area contributed by atoms with E-state index in [1.807, 2.05) is 0 Å². The van der Waals surface area contributed by atoms with Gasteiger partial charge in [0.2, 0.25) is 11.8 Å². The first-order valence-electron chi connectivity index (χ1n) is 5.13. The van der Waals surface area contributed by atoms with Crippen LogP contribution in [0.3, 0.4) is 0 Å². The van der Waals surface area contributed by atoms with E-state index in [4.69, 9.17) is 10.5 Å². The number of hydrogen-bond donors (Lipinski definition) is 2. The summed E-state index contributed by atoms with van der Waals surface area (Å²) in [4.78, 5) is 18.2. The van der Waals surface area contributed by atoms with E-state index in [1.54, 1.807) is 0 Å². The predicted octanol–water partition coefficient (Wildman–Crippen LogP) is 0.850. The van der Waals surface area contributed by atoms with E-state index < -0.39 is 11.8 Å². The van der Waals surface area contributed by atoms with Crippen LogP contribution in [0.15, 0.2) is 6.20 Å². The molecule has 1 heterocycles. The maximum Gasteiger partial charge on any atom is 0.273 e. The van der Waals surface area contributed by atoms with Gasteiger partial charge in [0.05, 0.1) is 12.8 Å². The van der Waals surface area contributed by atoms with Crippen molar-refractivity contribution in [2.45, 2.75) is 26.2 Å². The minimum Gasteiger partial charge on any atom is -0.492 e. The van der Waals surface area contributed by atoms with Gasteiger partial charge in [-0.3, -0.25) is 4.79 Å². The van der Waals surface area contributed by atoms with Gasteiger partial charge < -0.3 is 15.6 Å². The van der Waals surface area contributed by atoms with Crippen molar-refractivity contribution in [2.24, 2.45) is 5.73 Å². The number of nitrogens with two attached hydrogens (primary N) is 1. The van der Waals surface area contributed by atoms with Crippen LogP contribution in [-0.2, 0) is 0 Å². The molecule has 0 atom stereocenters. The molecule has 0 fully saturated rings. The highest BCUT2D eigenvalue weighted by molar-refractivity contribution is 5.92. The third kappa shape index (κ3) is 3.38. The Balaban J connectivity index is 2.61. The molecule has 3 N–H and O–H groups in total. The molecular weight excluding hydrogens is 210 g/mol. The van der Waals surface area contributed by atoms with E-state index in [0.717, 1.165) is 19.3 Å². The second kappa shape index (κ2) is 5.89. The molecule has 0 aromatic carbocycles. The van der Waals surface area contributed by atoms with E-state index in [9.17, 15) is 9.90 Å². The lowest BCUT2D eigenvalue weighted by atomic mass is 10.3. The van der Waals surface area contributed by atoms with Crippen molar-refractivity contribution in [3.05, 3.63) is 11.9 Å². The zero-order valence-corrected chi connectivity index (χ0v) is 9.14. The minimum atomic E-state index is -0.830. The van der Waals surface area contributed by atoms with Crippen LogP contribution in [0.25, 0.3) is 0 Å². The molecule has 0 unspecified atom stereocenters. The highest BCUT2D eigenvalue weighted by Gasteiger charge is 2.12. The molecule has 0 saturated heterocycles. The quantitative estimate of drug-likeness (QED) is 0.699. The Hall–Kier alpha value is -1.85. The van der Waals surface area contributed by atoms with Crippen LogP contribution in [0.4, 0.5) is 0 Å². The Morgan fingerprint density at radius 3 is 2.94 bits per heavy atom. The van der Waals surface area contributed by atoms with Crippen LogP contribution in [0.2, 0.25) is 0 Å². The molecule has 1 rings (SSSR count). The van der Waals surface area contributed by atoms with Crippen molar-refractivity contribution in [2.75, 3.05) is 6.61 Å². The molecule has 0 bridgehead atoms. The Bertz CT molecular complexity index is 368. The van der Waals surface area contributed by atoms with Crippen molar-refractivity contribution >= 4 is 5.91 Å². The van der Waals surface area contributed by atoms with E-state index in [-0.39, 0.29) is 11.6 Å². The number of aromatic nitrogens is 2. The summed E-state index contributed by atoms with van der Waals surface area (Å²) in [5.74, 6) is -1.11. The summed E-state index contributed by atoms with van der Waals surface area (Å²) in [6.45, 7) is 2.59. The van der Waals surface area contributed by atoms with Crippen LogP contribution < -0.4 is 10.5 Å². The zero-order chi connectivity index (χ0) is 12.0. The van der Waals surface area contributed by atoms with Gasteiger partial charge in [-0.05, 0) is 6.42 Å². The Kier molecular flexibility index (Phi) is 4.50. The Labute approximate surface area is 93.5 Å². The fourth-order valence-corrected chi connectivity index (χ4v) is 1.13. The van der Waals surface area contributed by atoms with Crippen LogP contribution >= 0.6 is 0 Å². The minimum absolute atomic E-state index is 0.197. The maximum absolute atomic E-state index is 10.9. The maximum atomic E-state index is 10.9. The van der Waals surface area contributed by atoms with Crippen molar-refractivity contribution in [1.29, 1.82) is 0 Å². The first kappa shape index (κ1) is 12.2. The number of aromatic hydroxyl groups is 1. The molecule has 0 saturated carbocycles. The van der Waals surface area contributed by atoms with Crippen molar-refractivity contribution < 1.29 is 14.6 Å². The monoisotopic (exact) mass is 225 g/mol. The molecule has 0 aliphatic carbocycles. The van der Waals surface area contributed by atoms with E-state index in [0.29, 0.717) is 6.61 Å². The van der Waals surface area contributed by atoms with Gasteiger partial charge in [0.15, 0.2) is 5.69 Å². The molecule has 1 aromatic rings. The largest absolute Gasteiger partial charge is 0.492 e. The predicted molar refractivity (Wildman–Crippen MR) is 57.2 cm³/mol. The van der Waals surface area contributed by atoms with Gasteiger partial charge in [-0.1, -0.05) is 19.8 Å². The van der Waals surface area contributed by atoms with E-state index >= 15 is 0 Å². The number of nitrogens with zero attached hydrogens (tertiary/aromatic N) is 2. The summed E-state index contributed by atoms with van der Waals surface area (Å²) in [5.41, 5.74) is 4.73. The van der Waals surface area contributed by atoms with Crippen molar-refractivity contribution in [3.8, 4) is 11.8 Å². The second-order valence-corrected chi connectivity index (χ2v) is 3.30. The number of primary amides is 1. The van der Waals surface area contributed by atoms with Crippen LogP contribution in [-0.4, -0.2) is 27.6 Å². The van der Waals surface area contributed by atoms with Crippen molar-refractivity contribution in [3.63, 3.8) is 0 Å². The summed E-state index contributed by atoms with van der Waals surface area (Å²) in [5, 5.41) is 9.19. The SMILES string of the molecule is CCCCCOc1cnc(O)c(C(N)=O)n1. The molecule has 0 aliphatic rings. The molecule has 1 aromatic heterocycles. The van der Waals surface area contributed by atoms with Crippen LogP contribution in [0, 0.1) is 0 Å². The first-order chi connectivity index (χ1) is 7.65. The molecule has 0 spiro atoms. The number of hydrogen-bond acceptors (Lipinski definition) is 5. The van der Waals surface area contributed by atoms with E-state index in [1.165, 1.54) is 6.20 Å². The van der Waals surface area contributed by atoms with Gasteiger partial charge in [0.1, 0.15) is 0 Å². The Morgan fingerprint density at radius 1 is 1.56 bits per heavy atom. The number of ether oxygens (including phenoxy) is 1. The van der Waals surface area contributed by atoms with Crippen molar-refractivity contribution in [1.82, 2.24) is 9.97 Å². The lowest BCUT2D eigenvalue weighted by Gasteiger charge is -2.05. The number of carbonyl (C=O) groups is 1. The Morgan fingerprint density at radius 2 is 2.31 bits per heavy atom. The summed E-state index contributed by atoms with van der Waals surface area (Å²) in [6, 6.07) is 0. The molecule has 6 nitrogen and oxygen atoms in total.